The summed E-state index contributed by atoms with van der Waals surface area (Å²) in [6, 6.07) is 18.1. The van der Waals surface area contributed by atoms with Crippen molar-refractivity contribution in [3.05, 3.63) is 78.2 Å². The van der Waals surface area contributed by atoms with Crippen molar-refractivity contribution in [2.75, 3.05) is 17.4 Å². The van der Waals surface area contributed by atoms with Gasteiger partial charge in [-0.1, -0.05) is 30.3 Å². The average Bonchev–Trinajstić information content (AvgIpc) is 2.76. The van der Waals surface area contributed by atoms with E-state index in [-0.39, 0.29) is 24.0 Å². The van der Waals surface area contributed by atoms with Crippen LogP contribution in [-0.4, -0.2) is 37.6 Å². The number of pyridine rings is 1. The molecule has 3 aromatic rings. The van der Waals surface area contributed by atoms with E-state index in [4.69, 9.17) is 0 Å². The summed E-state index contributed by atoms with van der Waals surface area (Å²) in [5.41, 5.74) is 2.66. The van der Waals surface area contributed by atoms with Gasteiger partial charge in [0, 0.05) is 13.1 Å². The fourth-order valence-electron chi connectivity index (χ4n) is 3.26. The number of aromatic nitrogens is 1. The molecule has 1 amide bonds. The van der Waals surface area contributed by atoms with Crippen molar-refractivity contribution >= 4 is 28.7 Å². The van der Waals surface area contributed by atoms with Crippen molar-refractivity contribution in [3.8, 4) is 11.1 Å². The van der Waals surface area contributed by atoms with E-state index < -0.39 is 11.3 Å². The normalized spacial score (nSPS) is 11.7. The fraction of sp³-hybridized carbons (Fsp3) is 0.217. The van der Waals surface area contributed by atoms with Crippen LogP contribution in [0.2, 0.25) is 0 Å². The summed E-state index contributed by atoms with van der Waals surface area (Å²) < 4.78 is 36.3. The largest absolute Gasteiger partial charge is 0.343 e. The van der Waals surface area contributed by atoms with Gasteiger partial charge in [0.2, 0.25) is 5.91 Å². The Balaban J connectivity index is 1.86. The lowest BCUT2D eigenvalue weighted by molar-refractivity contribution is -0.130. The van der Waals surface area contributed by atoms with Crippen LogP contribution in [0.5, 0.6) is 0 Å². The summed E-state index contributed by atoms with van der Waals surface area (Å²) >= 11 is -2.37. The molecule has 0 spiro atoms. The molecule has 6 nitrogen and oxygen atoms in total. The molecule has 0 bridgehead atoms. The zero-order chi connectivity index (χ0) is 22.4. The number of halogens is 1. The van der Waals surface area contributed by atoms with Gasteiger partial charge in [0.05, 0.1) is 17.8 Å². The van der Waals surface area contributed by atoms with Gasteiger partial charge in [-0.15, -0.1) is 0 Å². The number of hydrogen-bond acceptors (Lipinski definition) is 3. The Morgan fingerprint density at radius 2 is 1.55 bits per heavy atom. The Hall–Kier alpha value is -3.10. The lowest BCUT2D eigenvalue weighted by Crippen LogP contribution is -2.32. The first kappa shape index (κ1) is 22.6. The zero-order valence-corrected chi connectivity index (χ0v) is 18.2. The molecule has 0 saturated carbocycles. The van der Waals surface area contributed by atoms with Crippen molar-refractivity contribution < 1.29 is 17.9 Å². The van der Waals surface area contributed by atoms with Crippen molar-refractivity contribution in [2.24, 2.45) is 0 Å². The van der Waals surface area contributed by atoms with E-state index in [0.717, 1.165) is 11.1 Å². The third-order valence-electron chi connectivity index (χ3n) is 4.88. The Morgan fingerprint density at radius 1 is 0.968 bits per heavy atom. The van der Waals surface area contributed by atoms with Crippen LogP contribution in [0.4, 0.5) is 15.9 Å². The van der Waals surface area contributed by atoms with Crippen LogP contribution in [0, 0.1) is 5.82 Å². The minimum absolute atomic E-state index is 0.0463. The molecule has 0 fully saturated rings. The monoisotopic (exact) mass is 441 g/mol. The summed E-state index contributed by atoms with van der Waals surface area (Å²) in [6.45, 7) is 5.05. The topological polar surface area (TPSA) is 73.7 Å². The highest BCUT2D eigenvalue weighted by molar-refractivity contribution is 7.81. The molecular weight excluding hydrogens is 417 g/mol. The molecule has 1 heterocycles. The second-order valence-electron chi connectivity index (χ2n) is 6.81. The van der Waals surface area contributed by atoms with E-state index in [1.165, 1.54) is 16.4 Å². The average molecular weight is 442 g/mol. The highest BCUT2D eigenvalue weighted by Gasteiger charge is 2.18. The van der Waals surface area contributed by atoms with Crippen LogP contribution < -0.4 is 4.31 Å². The molecule has 3 rings (SSSR count). The third kappa shape index (κ3) is 5.53. The van der Waals surface area contributed by atoms with Crippen LogP contribution in [0.25, 0.3) is 11.1 Å². The van der Waals surface area contributed by atoms with Crippen molar-refractivity contribution in [1.29, 1.82) is 0 Å². The maximum absolute atomic E-state index is 13.1. The lowest BCUT2D eigenvalue weighted by atomic mass is 10.1. The number of amides is 1. The second kappa shape index (κ2) is 10.3. The Bertz CT molecular complexity index is 1050. The number of carbonyl (C=O) groups excluding carboxylic acids is 1. The van der Waals surface area contributed by atoms with Crippen molar-refractivity contribution in [3.63, 3.8) is 0 Å². The van der Waals surface area contributed by atoms with Crippen LogP contribution in [0.1, 0.15) is 19.5 Å². The molecule has 162 valence electrons. The molecule has 0 aliphatic rings. The predicted octanol–water partition coefficient (Wildman–Crippen LogP) is 4.57. The molecular formula is C23H24FN3O3S. The second-order valence-corrected chi connectivity index (χ2v) is 7.64. The van der Waals surface area contributed by atoms with Gasteiger partial charge in [-0.3, -0.25) is 9.35 Å². The van der Waals surface area contributed by atoms with E-state index in [1.807, 2.05) is 13.8 Å². The Labute approximate surface area is 183 Å². The summed E-state index contributed by atoms with van der Waals surface area (Å²) in [4.78, 5) is 18.5. The van der Waals surface area contributed by atoms with Crippen LogP contribution in [-0.2, 0) is 22.5 Å². The lowest BCUT2D eigenvalue weighted by Gasteiger charge is -2.21. The van der Waals surface area contributed by atoms with E-state index in [9.17, 15) is 17.9 Å². The first-order valence-electron chi connectivity index (χ1n) is 9.93. The summed E-state index contributed by atoms with van der Waals surface area (Å²) in [5.74, 6) is -0.0946. The Morgan fingerprint density at radius 3 is 2.10 bits per heavy atom. The maximum atomic E-state index is 13.1. The van der Waals surface area contributed by atoms with Gasteiger partial charge in [0.1, 0.15) is 11.6 Å². The highest BCUT2D eigenvalue weighted by Crippen LogP contribution is 2.28. The molecule has 8 heteroatoms. The minimum Gasteiger partial charge on any atom is -0.343 e. The van der Waals surface area contributed by atoms with Crippen LogP contribution in [0.3, 0.4) is 0 Å². The number of likely N-dealkylation sites (N-methyl/N-ethyl adjacent to an activating group) is 1. The van der Waals surface area contributed by atoms with E-state index in [0.29, 0.717) is 24.5 Å². The smallest absolute Gasteiger partial charge is 0.267 e. The molecule has 1 aromatic heterocycles. The number of nitrogens with zero attached hydrogens (tertiary/aromatic N) is 3. The van der Waals surface area contributed by atoms with Gasteiger partial charge in [-0.2, -0.15) is 0 Å². The van der Waals surface area contributed by atoms with Crippen LogP contribution in [0.15, 0.2) is 66.7 Å². The maximum Gasteiger partial charge on any atom is 0.267 e. The third-order valence-corrected chi connectivity index (χ3v) is 5.59. The molecule has 0 saturated heterocycles. The Kier molecular flexibility index (Phi) is 7.49. The van der Waals surface area contributed by atoms with E-state index in [1.54, 1.807) is 59.5 Å². The number of benzene rings is 2. The fourth-order valence-corrected chi connectivity index (χ4v) is 3.82. The van der Waals surface area contributed by atoms with Crippen molar-refractivity contribution in [2.45, 2.75) is 20.3 Å². The molecule has 1 unspecified atom stereocenters. The zero-order valence-electron chi connectivity index (χ0n) is 17.4. The molecule has 1 atom stereocenters. The van der Waals surface area contributed by atoms with Gasteiger partial charge in [-0.05, 0) is 61.4 Å². The van der Waals surface area contributed by atoms with Crippen LogP contribution >= 0.6 is 0 Å². The molecule has 0 aliphatic carbocycles. The summed E-state index contributed by atoms with van der Waals surface area (Å²) in [6.07, 6.45) is 0.116. The van der Waals surface area contributed by atoms with Gasteiger partial charge < -0.3 is 4.90 Å². The highest BCUT2D eigenvalue weighted by atomic mass is 32.2. The molecule has 0 radical (unpaired) electrons. The standard InChI is InChI=1S/C23H24FN3O3S/c1-3-26(4-2)23(28)16-20-6-5-7-22(25-20)27(31(29)30)21-14-10-18(11-15-21)17-8-12-19(24)13-9-17/h5-15H,3-4,16H2,1-2H3,(H,29,30). The molecule has 0 aliphatic heterocycles. The first-order chi connectivity index (χ1) is 14.9. The summed E-state index contributed by atoms with van der Waals surface area (Å²) in [5, 5.41) is 0. The van der Waals surface area contributed by atoms with Gasteiger partial charge in [0.25, 0.3) is 11.3 Å². The van der Waals surface area contributed by atoms with E-state index in [2.05, 4.69) is 4.98 Å². The van der Waals surface area contributed by atoms with Gasteiger partial charge in [-0.25, -0.2) is 17.9 Å². The van der Waals surface area contributed by atoms with Gasteiger partial charge in [0.15, 0.2) is 0 Å². The molecule has 1 N–H and O–H groups in total. The first-order valence-corrected chi connectivity index (χ1v) is 11.0. The number of hydrogen-bond donors (Lipinski definition) is 1. The number of anilines is 2. The van der Waals surface area contributed by atoms with E-state index >= 15 is 0 Å². The van der Waals surface area contributed by atoms with Gasteiger partial charge >= 0.3 is 0 Å². The SMILES string of the molecule is CCN(CC)C(=O)Cc1cccc(N(c2ccc(-c3ccc(F)cc3)cc2)S(=O)O)n1. The minimum atomic E-state index is -2.37. The number of rotatable bonds is 8. The predicted molar refractivity (Wildman–Crippen MR) is 121 cm³/mol. The molecule has 2 aromatic carbocycles. The number of carbonyl (C=O) groups is 1. The quantitative estimate of drug-likeness (QED) is 0.520. The summed E-state index contributed by atoms with van der Waals surface area (Å²) in [7, 11) is 0. The molecule has 31 heavy (non-hydrogen) atoms. The van der Waals surface area contributed by atoms with Crippen molar-refractivity contribution in [1.82, 2.24) is 9.88 Å².